The van der Waals surface area contributed by atoms with Gasteiger partial charge in [-0.1, -0.05) is 388 Å². The molecule has 144 heavy (non-hydrogen) atoms. The number of hydrogen-bond acceptors (Lipinski definition) is 8. The Balaban J connectivity index is 0.000000133. The lowest BCUT2D eigenvalue weighted by Gasteiger charge is -2.14. The normalized spacial score (nSPS) is 12.2. The van der Waals surface area contributed by atoms with Crippen molar-refractivity contribution in [3.8, 4) is 113 Å². The molecule has 0 amide bonds. The molecule has 24 aromatic carbocycles. The predicted octanol–water partition coefficient (Wildman–Crippen LogP) is 33.5. The van der Waals surface area contributed by atoms with Gasteiger partial charge in [0.25, 0.3) is 0 Å². The van der Waals surface area contributed by atoms with E-state index in [1.807, 2.05) is 0 Å². The van der Waals surface area contributed by atoms with Crippen molar-refractivity contribution in [3.05, 3.63) is 461 Å². The van der Waals surface area contributed by atoms with Crippen LogP contribution < -0.4 is 0 Å². The Morgan fingerprint density at radius 2 is 0.354 bits per heavy atom. The van der Waals surface area contributed by atoms with E-state index in [1.54, 1.807) is 0 Å². The summed E-state index contributed by atoms with van der Waals surface area (Å²) < 4.78 is 9.17. The van der Waals surface area contributed by atoms with Crippen molar-refractivity contribution in [1.29, 1.82) is 0 Å². The molecule has 664 valence electrons. The molecule has 0 aliphatic carbocycles. The molecule has 12 heteroatoms. The van der Waals surface area contributed by atoms with Gasteiger partial charge in [0.2, 0.25) is 0 Å². The van der Waals surface area contributed by atoms with E-state index in [0.717, 1.165) is 212 Å². The van der Waals surface area contributed by atoms with Gasteiger partial charge in [0.05, 0.1) is 66.9 Å². The molecule has 12 nitrogen and oxygen atoms in total. The monoisotopic (exact) mass is 1830 g/mol. The van der Waals surface area contributed by atoms with E-state index >= 15 is 0 Å². The molecular formula is C132H76N12. The summed E-state index contributed by atoms with van der Waals surface area (Å²) in [6.45, 7) is 0. The van der Waals surface area contributed by atoms with Crippen LogP contribution in [0, 0.1) is 0 Å². The molecule has 0 bridgehead atoms. The summed E-state index contributed by atoms with van der Waals surface area (Å²) >= 11 is 0. The second kappa shape index (κ2) is 31.0. The van der Waals surface area contributed by atoms with Gasteiger partial charge < -0.3 is 0 Å². The van der Waals surface area contributed by atoms with Gasteiger partial charge in [-0.3, -0.25) is 17.6 Å². The van der Waals surface area contributed by atoms with Crippen LogP contribution in [0.25, 0.3) is 309 Å². The van der Waals surface area contributed by atoms with Crippen molar-refractivity contribution in [2.75, 3.05) is 0 Å². The lowest BCUT2D eigenvalue weighted by atomic mass is 9.93. The molecule has 32 rings (SSSR count). The first kappa shape index (κ1) is 79.5. The molecule has 0 atom stereocenters. The van der Waals surface area contributed by atoms with Crippen LogP contribution in [0.5, 0.6) is 0 Å². The maximum absolute atomic E-state index is 5.57. The minimum atomic E-state index is 0.824. The van der Waals surface area contributed by atoms with E-state index in [0.29, 0.717) is 0 Å². The number of imidazole rings is 4. The first-order valence-electron chi connectivity index (χ1n) is 48.9. The quantitative estimate of drug-likeness (QED) is 0.124. The van der Waals surface area contributed by atoms with Gasteiger partial charge in [-0.25, -0.2) is 39.9 Å². The van der Waals surface area contributed by atoms with Gasteiger partial charge in [0.15, 0.2) is 0 Å². The third-order valence-corrected chi connectivity index (χ3v) is 30.0. The van der Waals surface area contributed by atoms with Crippen LogP contribution in [0.4, 0.5) is 0 Å². The summed E-state index contributed by atoms with van der Waals surface area (Å²) in [5.74, 6) is 3.38. The summed E-state index contributed by atoms with van der Waals surface area (Å²) in [5, 5.41) is 28.2. The Morgan fingerprint density at radius 3 is 0.667 bits per heavy atom. The second-order valence-corrected chi connectivity index (χ2v) is 38.0. The number of aromatic nitrogens is 12. The topological polar surface area (TPSA) is 121 Å². The molecule has 0 saturated heterocycles. The molecule has 0 N–H and O–H groups in total. The van der Waals surface area contributed by atoms with Crippen molar-refractivity contribution in [2.24, 2.45) is 0 Å². The molecule has 8 aromatic heterocycles. The first-order valence-corrected chi connectivity index (χ1v) is 48.9. The standard InChI is InChI=1S/C72H44N6.C60H32N6/c1-5-17-53-41-57(37-29-45(53)13-1)65-67(59-39-31-47-15-3-7-19-55(47)43-59)77-69(73-63-23-11-9-21-61(63)71(77)75-65)51-33-25-49(26-34-51)50-27-35-52(36-28-50)70-74-64-24-12-10-22-62(64)72-76-66(58-38-30-46-14-2-6-18-54(46)42-58)68(78(70)72)60-40-32-48-16-4-8-20-56(48)44-60;1-3-19-47-41(13-1)59-63-53-43-15-5-9-35-25-27-37-11-7-17-45(51(37)49(35)43)55(53)65(59)57(61-47)39-29-21-33(22-30-39)34-23-31-40(32-24-34)58-62-48-20-4-2-14-42(48)60-64-54-44-16-6-10-36-26-28-38-12-8-18-46(52(38)50(36)44)56(54)66(58)60/h1-44H;1-32H. The van der Waals surface area contributed by atoms with Crippen LogP contribution in [0.1, 0.15) is 0 Å². The zero-order chi connectivity index (χ0) is 94.0. The molecule has 0 saturated carbocycles. The third-order valence-electron chi connectivity index (χ3n) is 30.0. The van der Waals surface area contributed by atoms with Crippen LogP contribution in [-0.4, -0.2) is 57.5 Å². The summed E-state index contributed by atoms with van der Waals surface area (Å²) in [5.41, 5.74) is 27.9. The maximum Gasteiger partial charge on any atom is 0.149 e. The Bertz CT molecular complexity index is 10400. The summed E-state index contributed by atoms with van der Waals surface area (Å²) in [6, 6.07) is 165. The third kappa shape index (κ3) is 12.1. The lowest BCUT2D eigenvalue weighted by molar-refractivity contribution is 1.13. The fraction of sp³-hybridized carbons (Fsp3) is 0. The zero-order valence-electron chi connectivity index (χ0n) is 77.2. The van der Waals surface area contributed by atoms with Crippen LogP contribution in [0.15, 0.2) is 461 Å². The minimum absolute atomic E-state index is 0.824. The van der Waals surface area contributed by atoms with Crippen LogP contribution >= 0.6 is 0 Å². The number of benzene rings is 24. The molecule has 0 radical (unpaired) electrons. The number of para-hydroxylation sites is 4. The van der Waals surface area contributed by atoms with Gasteiger partial charge in [0, 0.05) is 87.6 Å². The van der Waals surface area contributed by atoms with Crippen LogP contribution in [0.2, 0.25) is 0 Å². The highest BCUT2D eigenvalue weighted by atomic mass is 15.1. The Hall–Kier alpha value is -19.6. The largest absolute Gasteiger partial charge is 0.275 e. The SMILES string of the molecule is c1ccc2c(c1)nc(-c1ccc(-c3ccc(-c4nc5ccccc5c5nc6c7cccc8ccc9cccc(c9c87)c6n45)cc3)cc1)n1c2nc2c3cccc4ccc5cccc(c5c43)c21.c1ccc2cc(-c3nc4c5ccccc5nc(-c5ccc(-c6ccc(-c7nc8ccccc8c8nc(-c9ccc%10ccccc%10c9)c(-c9ccc%10ccccc%10c9)n78)cc6)cc5)n4c3-c3ccc4ccccc4c3)ccc2c1. The maximum atomic E-state index is 5.57. The van der Waals surface area contributed by atoms with Crippen LogP contribution in [-0.2, 0) is 0 Å². The van der Waals surface area contributed by atoms with E-state index in [4.69, 9.17) is 39.9 Å². The lowest BCUT2D eigenvalue weighted by Crippen LogP contribution is -2.00. The number of rotatable bonds is 10. The molecule has 0 spiro atoms. The van der Waals surface area contributed by atoms with Gasteiger partial charge in [0.1, 0.15) is 45.9 Å². The average molecular weight is 1830 g/mol. The van der Waals surface area contributed by atoms with E-state index in [1.165, 1.54) is 97.0 Å². The average Bonchev–Trinajstić information content (AvgIpc) is 1.52. The van der Waals surface area contributed by atoms with E-state index in [9.17, 15) is 0 Å². The number of fused-ring (bicyclic) bond motifs is 24. The molecule has 0 unspecified atom stereocenters. The highest BCUT2D eigenvalue weighted by Crippen LogP contribution is 2.49. The van der Waals surface area contributed by atoms with Crippen molar-refractivity contribution in [2.45, 2.75) is 0 Å². The van der Waals surface area contributed by atoms with Gasteiger partial charge in [-0.2, -0.15) is 0 Å². The summed E-state index contributed by atoms with van der Waals surface area (Å²) in [4.78, 5) is 43.8. The summed E-state index contributed by atoms with van der Waals surface area (Å²) in [6.07, 6.45) is 0. The van der Waals surface area contributed by atoms with Crippen molar-refractivity contribution < 1.29 is 0 Å². The van der Waals surface area contributed by atoms with Gasteiger partial charge >= 0.3 is 0 Å². The molecule has 0 aliphatic rings. The first-order chi connectivity index (χ1) is 71.4. The smallest absolute Gasteiger partial charge is 0.149 e. The van der Waals surface area contributed by atoms with Gasteiger partial charge in [-0.15, -0.1) is 0 Å². The Labute approximate surface area is 821 Å². The van der Waals surface area contributed by atoms with E-state index < -0.39 is 0 Å². The van der Waals surface area contributed by atoms with Crippen LogP contribution in [0.3, 0.4) is 0 Å². The zero-order valence-corrected chi connectivity index (χ0v) is 77.2. The molecule has 0 fully saturated rings. The molecule has 8 heterocycles. The predicted molar refractivity (Wildman–Crippen MR) is 596 cm³/mol. The molecule has 32 aromatic rings. The molecule has 0 aliphatic heterocycles. The fourth-order valence-electron chi connectivity index (χ4n) is 23.2. The van der Waals surface area contributed by atoms with Crippen molar-refractivity contribution in [3.63, 3.8) is 0 Å². The minimum Gasteiger partial charge on any atom is -0.275 e. The van der Waals surface area contributed by atoms with Crippen molar-refractivity contribution >= 4 is 196 Å². The highest BCUT2D eigenvalue weighted by Gasteiger charge is 2.30. The van der Waals surface area contributed by atoms with Gasteiger partial charge in [-0.05, 0) is 181 Å². The second-order valence-electron chi connectivity index (χ2n) is 38.0. The summed E-state index contributed by atoms with van der Waals surface area (Å²) in [7, 11) is 0. The van der Waals surface area contributed by atoms with E-state index in [2.05, 4.69) is 479 Å². The number of hydrogen-bond donors (Lipinski definition) is 0. The highest BCUT2D eigenvalue weighted by molar-refractivity contribution is 6.35. The number of nitrogens with zero attached hydrogens (tertiary/aromatic N) is 12. The fourth-order valence-corrected chi connectivity index (χ4v) is 23.2. The van der Waals surface area contributed by atoms with Crippen molar-refractivity contribution in [1.82, 2.24) is 57.5 Å². The Kier molecular flexibility index (Phi) is 17.1. The Morgan fingerprint density at radius 1 is 0.139 bits per heavy atom. The van der Waals surface area contributed by atoms with E-state index in [-0.39, 0.29) is 0 Å². The molecular weight excluding hydrogens is 1750 g/mol.